The van der Waals surface area contributed by atoms with Crippen molar-refractivity contribution in [2.75, 3.05) is 26.2 Å². The van der Waals surface area contributed by atoms with E-state index >= 15 is 0 Å². The van der Waals surface area contributed by atoms with Crippen molar-refractivity contribution in [3.05, 3.63) is 28.8 Å². The van der Waals surface area contributed by atoms with E-state index in [1.165, 1.54) is 31.5 Å². The predicted octanol–water partition coefficient (Wildman–Crippen LogP) is 5.94. The molecule has 2 aliphatic rings. The standard InChI is InChI=1S/C26H44N2O2S/c1-18(2)22-16-24(19(3)4)26(25(17-22)20(5)6)31(29,30)28-14-10-23(11-15-28)27-12-8-21(7)9-13-27/h16-21,23H,8-15H2,1-7H3. The van der Waals surface area contributed by atoms with Crippen LogP contribution in [-0.4, -0.2) is 49.8 Å². The summed E-state index contributed by atoms with van der Waals surface area (Å²) in [6.45, 7) is 18.8. The van der Waals surface area contributed by atoms with Crippen LogP contribution in [-0.2, 0) is 10.0 Å². The first-order chi connectivity index (χ1) is 14.5. The Kier molecular flexibility index (Phi) is 7.92. The summed E-state index contributed by atoms with van der Waals surface area (Å²) < 4.78 is 29.7. The lowest BCUT2D eigenvalue weighted by molar-refractivity contribution is 0.101. The number of nitrogens with zero attached hydrogens (tertiary/aromatic N) is 2. The molecule has 0 bridgehead atoms. The summed E-state index contributed by atoms with van der Waals surface area (Å²) >= 11 is 0. The third-order valence-electron chi connectivity index (χ3n) is 7.44. The van der Waals surface area contributed by atoms with E-state index in [0.29, 0.717) is 29.9 Å². The Balaban J connectivity index is 1.88. The van der Waals surface area contributed by atoms with Crippen LogP contribution >= 0.6 is 0 Å². The Morgan fingerprint density at radius 2 is 1.26 bits per heavy atom. The molecule has 0 unspecified atom stereocenters. The second-order valence-electron chi connectivity index (χ2n) is 10.8. The van der Waals surface area contributed by atoms with Gasteiger partial charge in [0.25, 0.3) is 0 Å². The fraction of sp³-hybridized carbons (Fsp3) is 0.769. The van der Waals surface area contributed by atoms with Crippen molar-refractivity contribution in [2.45, 2.75) is 103 Å². The number of sulfonamides is 1. The van der Waals surface area contributed by atoms with Gasteiger partial charge in [0.2, 0.25) is 10.0 Å². The van der Waals surface area contributed by atoms with E-state index in [-0.39, 0.29) is 11.8 Å². The highest BCUT2D eigenvalue weighted by Gasteiger charge is 2.36. The van der Waals surface area contributed by atoms with Gasteiger partial charge in [-0.2, -0.15) is 4.31 Å². The zero-order valence-corrected chi connectivity index (χ0v) is 21.6. The van der Waals surface area contributed by atoms with Crippen LogP contribution < -0.4 is 0 Å². The van der Waals surface area contributed by atoms with Crippen LogP contribution in [0.3, 0.4) is 0 Å². The number of rotatable bonds is 6. The molecule has 0 radical (unpaired) electrons. The molecule has 0 aromatic heterocycles. The van der Waals surface area contributed by atoms with E-state index < -0.39 is 10.0 Å². The first-order valence-electron chi connectivity index (χ1n) is 12.4. The SMILES string of the molecule is CC1CCN(C2CCN(S(=O)(=O)c3c(C(C)C)cc(C(C)C)cc3C(C)C)CC2)CC1. The molecule has 1 aromatic rings. The minimum Gasteiger partial charge on any atom is -0.300 e. The maximum atomic E-state index is 14.0. The first kappa shape index (κ1) is 24.7. The second-order valence-corrected chi connectivity index (χ2v) is 12.7. The fourth-order valence-electron chi connectivity index (χ4n) is 5.16. The molecule has 0 N–H and O–H groups in total. The summed E-state index contributed by atoms with van der Waals surface area (Å²) in [6, 6.07) is 4.84. The van der Waals surface area contributed by atoms with Gasteiger partial charge in [0.1, 0.15) is 0 Å². The lowest BCUT2D eigenvalue weighted by atomic mass is 9.89. The molecule has 176 valence electrons. The summed E-state index contributed by atoms with van der Waals surface area (Å²) in [5, 5.41) is 0. The molecule has 4 nitrogen and oxygen atoms in total. The molecule has 1 aromatic carbocycles. The summed E-state index contributed by atoms with van der Waals surface area (Å²) in [5.74, 6) is 1.56. The highest BCUT2D eigenvalue weighted by atomic mass is 32.2. The summed E-state index contributed by atoms with van der Waals surface area (Å²) in [6.07, 6.45) is 4.45. The van der Waals surface area contributed by atoms with Gasteiger partial charge in [-0.15, -0.1) is 0 Å². The lowest BCUT2D eigenvalue weighted by Crippen LogP contribution is -2.49. The molecular formula is C26H44N2O2S. The Hall–Kier alpha value is -0.910. The number of hydrogen-bond acceptors (Lipinski definition) is 3. The Morgan fingerprint density at radius 3 is 1.68 bits per heavy atom. The lowest BCUT2D eigenvalue weighted by Gasteiger charge is -2.41. The highest BCUT2D eigenvalue weighted by Crippen LogP contribution is 2.37. The largest absolute Gasteiger partial charge is 0.300 e. The van der Waals surface area contributed by atoms with Crippen LogP contribution in [0, 0.1) is 5.92 Å². The minimum absolute atomic E-state index is 0.175. The number of piperidine rings is 2. The van der Waals surface area contributed by atoms with Gasteiger partial charge in [-0.05, 0) is 79.1 Å². The van der Waals surface area contributed by atoms with Crippen LogP contribution in [0.25, 0.3) is 0 Å². The predicted molar refractivity (Wildman–Crippen MR) is 130 cm³/mol. The van der Waals surface area contributed by atoms with Crippen molar-refractivity contribution in [1.82, 2.24) is 9.21 Å². The normalized spacial score (nSPS) is 21.0. The van der Waals surface area contributed by atoms with Gasteiger partial charge in [0, 0.05) is 19.1 Å². The maximum absolute atomic E-state index is 14.0. The molecule has 0 spiro atoms. The van der Waals surface area contributed by atoms with Gasteiger partial charge in [-0.25, -0.2) is 8.42 Å². The molecule has 2 fully saturated rings. The topological polar surface area (TPSA) is 40.6 Å². The van der Waals surface area contributed by atoms with E-state index in [0.717, 1.165) is 29.9 Å². The van der Waals surface area contributed by atoms with Gasteiger partial charge in [0.05, 0.1) is 4.90 Å². The van der Waals surface area contributed by atoms with Crippen molar-refractivity contribution in [1.29, 1.82) is 0 Å². The molecule has 0 aliphatic carbocycles. The average molecular weight is 449 g/mol. The van der Waals surface area contributed by atoms with Crippen molar-refractivity contribution >= 4 is 10.0 Å². The van der Waals surface area contributed by atoms with Crippen LogP contribution in [0.15, 0.2) is 17.0 Å². The zero-order chi connectivity index (χ0) is 22.9. The van der Waals surface area contributed by atoms with Crippen LogP contribution in [0.4, 0.5) is 0 Å². The molecule has 0 saturated carbocycles. The molecular weight excluding hydrogens is 404 g/mol. The number of hydrogen-bond donors (Lipinski definition) is 0. The van der Waals surface area contributed by atoms with E-state index in [4.69, 9.17) is 0 Å². The monoisotopic (exact) mass is 448 g/mol. The molecule has 2 saturated heterocycles. The zero-order valence-electron chi connectivity index (χ0n) is 20.8. The Labute approximate surface area is 191 Å². The Morgan fingerprint density at radius 1 is 0.774 bits per heavy atom. The number of benzene rings is 1. The third-order valence-corrected chi connectivity index (χ3v) is 9.47. The van der Waals surface area contributed by atoms with Crippen molar-refractivity contribution in [3.63, 3.8) is 0 Å². The fourth-order valence-corrected chi connectivity index (χ4v) is 7.29. The average Bonchev–Trinajstić information content (AvgIpc) is 2.73. The maximum Gasteiger partial charge on any atom is 0.243 e. The van der Waals surface area contributed by atoms with E-state index in [9.17, 15) is 8.42 Å². The summed E-state index contributed by atoms with van der Waals surface area (Å²) in [5.41, 5.74) is 3.22. The molecule has 0 amide bonds. The molecule has 5 heteroatoms. The van der Waals surface area contributed by atoms with Crippen molar-refractivity contribution in [3.8, 4) is 0 Å². The van der Waals surface area contributed by atoms with Crippen molar-refractivity contribution < 1.29 is 8.42 Å². The minimum atomic E-state index is -3.50. The molecule has 2 aliphatic heterocycles. The molecule has 31 heavy (non-hydrogen) atoms. The van der Waals surface area contributed by atoms with Gasteiger partial charge in [-0.3, -0.25) is 0 Å². The Bertz CT molecular complexity index is 815. The summed E-state index contributed by atoms with van der Waals surface area (Å²) in [4.78, 5) is 3.20. The smallest absolute Gasteiger partial charge is 0.243 e. The number of likely N-dealkylation sites (tertiary alicyclic amines) is 1. The van der Waals surface area contributed by atoms with Crippen LogP contribution in [0.5, 0.6) is 0 Å². The van der Waals surface area contributed by atoms with E-state index in [2.05, 4.69) is 65.5 Å². The first-order valence-corrected chi connectivity index (χ1v) is 13.9. The van der Waals surface area contributed by atoms with E-state index in [1.807, 2.05) is 0 Å². The van der Waals surface area contributed by atoms with Crippen LogP contribution in [0.2, 0.25) is 0 Å². The highest BCUT2D eigenvalue weighted by molar-refractivity contribution is 7.89. The van der Waals surface area contributed by atoms with Crippen LogP contribution in [0.1, 0.15) is 109 Å². The quantitative estimate of drug-likeness (QED) is 0.540. The van der Waals surface area contributed by atoms with Gasteiger partial charge >= 0.3 is 0 Å². The van der Waals surface area contributed by atoms with Gasteiger partial charge in [-0.1, -0.05) is 60.6 Å². The molecule has 0 atom stereocenters. The second kappa shape index (κ2) is 9.93. The molecule has 3 rings (SSSR count). The third kappa shape index (κ3) is 5.36. The summed E-state index contributed by atoms with van der Waals surface area (Å²) in [7, 11) is -3.50. The molecule has 2 heterocycles. The van der Waals surface area contributed by atoms with Gasteiger partial charge in [0.15, 0.2) is 0 Å². The van der Waals surface area contributed by atoms with Gasteiger partial charge < -0.3 is 4.90 Å². The van der Waals surface area contributed by atoms with E-state index in [1.54, 1.807) is 4.31 Å². The van der Waals surface area contributed by atoms with Crippen molar-refractivity contribution in [2.24, 2.45) is 5.92 Å².